The van der Waals surface area contributed by atoms with Gasteiger partial charge in [0.25, 0.3) is 0 Å². The maximum absolute atomic E-state index is 12.3. The van der Waals surface area contributed by atoms with Crippen LogP contribution in [0, 0.1) is 15.5 Å². The van der Waals surface area contributed by atoms with Gasteiger partial charge in [0.15, 0.2) is 0 Å². The van der Waals surface area contributed by atoms with Gasteiger partial charge in [-0.3, -0.25) is 19.7 Å². The predicted octanol–water partition coefficient (Wildman–Crippen LogP) is 4.12. The summed E-state index contributed by atoms with van der Waals surface area (Å²) in [5, 5.41) is 10.9. The number of hydrogen-bond acceptors (Lipinski definition) is 4. The second-order valence-electron chi connectivity index (χ2n) is 6.47. The van der Waals surface area contributed by atoms with Crippen LogP contribution in [0.2, 0.25) is 0 Å². The number of carbonyl (C=O) groups is 2. The molecule has 0 spiro atoms. The number of unbranched alkanes of at least 4 members (excludes halogenated alkanes) is 2. The number of carbonyl (C=O) groups excluding carboxylic acids is 2. The Balaban J connectivity index is 4.72. The Hall–Kier alpha value is -1.52. The topological polar surface area (TPSA) is 77.3 Å². The molecule has 0 fully saturated rings. The highest BCUT2D eigenvalue weighted by atomic mass is 16.6. The monoisotopic (exact) mass is 311 g/mol. The summed E-state index contributed by atoms with van der Waals surface area (Å²) >= 11 is 0. The van der Waals surface area contributed by atoms with Gasteiger partial charge in [-0.05, 0) is 33.6 Å². The summed E-state index contributed by atoms with van der Waals surface area (Å²) in [6.45, 7) is 7.04. The summed E-state index contributed by atoms with van der Waals surface area (Å²) in [4.78, 5) is 34.8. The van der Waals surface area contributed by atoms with E-state index in [0.29, 0.717) is 19.3 Å². The molecule has 0 saturated carbocycles. The molecule has 0 bridgehead atoms. The Morgan fingerprint density at radius 1 is 1.18 bits per heavy atom. The molecule has 0 aliphatic heterocycles. The van der Waals surface area contributed by atoms with Gasteiger partial charge < -0.3 is 0 Å². The molecule has 0 aromatic carbocycles. The third kappa shape index (κ3) is 8.70. The summed E-state index contributed by atoms with van der Waals surface area (Å²) in [7, 11) is 0. The van der Waals surface area contributed by atoms with Gasteiger partial charge in [-0.1, -0.05) is 31.4 Å². The molecule has 1 unspecified atom stereocenters. The van der Waals surface area contributed by atoms with Crippen LogP contribution in [-0.4, -0.2) is 23.0 Å². The minimum Gasteiger partial charge on any atom is -0.300 e. The lowest BCUT2D eigenvalue weighted by atomic mass is 9.78. The predicted molar refractivity (Wildman–Crippen MR) is 87.4 cm³/mol. The van der Waals surface area contributed by atoms with Crippen molar-refractivity contribution in [3.8, 4) is 0 Å². The lowest BCUT2D eigenvalue weighted by Gasteiger charge is -2.23. The first kappa shape index (κ1) is 20.5. The van der Waals surface area contributed by atoms with Gasteiger partial charge in [0.2, 0.25) is 6.54 Å². The number of nitro groups is 1. The summed E-state index contributed by atoms with van der Waals surface area (Å²) in [5.41, 5.74) is -0.0317. The fourth-order valence-electron chi connectivity index (χ4n) is 2.41. The molecular formula is C17H29NO4. The first-order valence-corrected chi connectivity index (χ1v) is 8.01. The largest absolute Gasteiger partial charge is 0.300 e. The SMILES string of the molecule is CCCCCC(=O)C(C)(CC(=O)CCC=C(C)C)C[N+](=O)[O-]. The Kier molecular flexibility index (Phi) is 9.54. The van der Waals surface area contributed by atoms with Gasteiger partial charge in [-0.15, -0.1) is 0 Å². The number of hydrogen-bond donors (Lipinski definition) is 0. The van der Waals surface area contributed by atoms with Crippen LogP contribution in [0.5, 0.6) is 0 Å². The number of allylic oxidation sites excluding steroid dienone is 2. The second kappa shape index (κ2) is 10.2. The first-order valence-electron chi connectivity index (χ1n) is 8.01. The summed E-state index contributed by atoms with van der Waals surface area (Å²) in [6.07, 6.45) is 5.85. The lowest BCUT2D eigenvalue weighted by molar-refractivity contribution is -0.492. The van der Waals surface area contributed by atoms with Crippen molar-refractivity contribution >= 4 is 11.6 Å². The van der Waals surface area contributed by atoms with E-state index < -0.39 is 16.9 Å². The van der Waals surface area contributed by atoms with E-state index in [1.54, 1.807) is 6.92 Å². The molecule has 0 saturated heterocycles. The molecule has 5 nitrogen and oxygen atoms in total. The quantitative estimate of drug-likeness (QED) is 0.235. The highest BCUT2D eigenvalue weighted by Gasteiger charge is 2.39. The third-order valence-electron chi connectivity index (χ3n) is 3.72. The molecule has 126 valence electrons. The Bertz CT molecular complexity index is 424. The van der Waals surface area contributed by atoms with E-state index in [1.165, 1.54) is 0 Å². The minimum atomic E-state index is -1.17. The van der Waals surface area contributed by atoms with Crippen LogP contribution in [-0.2, 0) is 9.59 Å². The molecule has 0 aliphatic rings. The molecular weight excluding hydrogens is 282 g/mol. The van der Waals surface area contributed by atoms with E-state index in [9.17, 15) is 19.7 Å². The van der Waals surface area contributed by atoms with Crippen molar-refractivity contribution in [1.29, 1.82) is 0 Å². The number of rotatable bonds is 12. The van der Waals surface area contributed by atoms with E-state index in [0.717, 1.165) is 24.8 Å². The van der Waals surface area contributed by atoms with Crippen LogP contribution in [0.25, 0.3) is 0 Å². The molecule has 0 N–H and O–H groups in total. The molecule has 0 aromatic heterocycles. The number of Topliss-reactive ketones (excluding diaryl/α,β-unsaturated/α-hetero) is 2. The first-order chi connectivity index (χ1) is 10.2. The molecule has 22 heavy (non-hydrogen) atoms. The third-order valence-corrected chi connectivity index (χ3v) is 3.72. The van der Waals surface area contributed by atoms with Gasteiger partial charge in [-0.2, -0.15) is 0 Å². The molecule has 0 radical (unpaired) electrons. The Morgan fingerprint density at radius 2 is 1.82 bits per heavy atom. The van der Waals surface area contributed by atoms with E-state index in [4.69, 9.17) is 0 Å². The van der Waals surface area contributed by atoms with Crippen molar-refractivity contribution in [2.75, 3.05) is 6.54 Å². The number of ketones is 2. The van der Waals surface area contributed by atoms with E-state index in [-0.39, 0.29) is 18.0 Å². The van der Waals surface area contributed by atoms with Gasteiger partial charge in [0.05, 0.1) is 5.41 Å². The fraction of sp³-hybridized carbons (Fsp3) is 0.765. The van der Waals surface area contributed by atoms with E-state index in [2.05, 4.69) is 0 Å². The fourth-order valence-corrected chi connectivity index (χ4v) is 2.41. The van der Waals surface area contributed by atoms with Crippen molar-refractivity contribution in [1.82, 2.24) is 0 Å². The van der Waals surface area contributed by atoms with Crippen molar-refractivity contribution in [3.05, 3.63) is 21.8 Å². The Morgan fingerprint density at radius 3 is 2.32 bits per heavy atom. The maximum atomic E-state index is 12.3. The normalized spacial score (nSPS) is 13.3. The average Bonchev–Trinajstić information content (AvgIpc) is 2.37. The highest BCUT2D eigenvalue weighted by molar-refractivity contribution is 5.90. The van der Waals surface area contributed by atoms with Crippen molar-refractivity contribution < 1.29 is 14.5 Å². The summed E-state index contributed by atoms with van der Waals surface area (Å²) in [5.74, 6) is -0.237. The zero-order chi connectivity index (χ0) is 17.2. The highest BCUT2D eigenvalue weighted by Crippen LogP contribution is 2.27. The van der Waals surface area contributed by atoms with Crippen LogP contribution < -0.4 is 0 Å². The zero-order valence-corrected chi connectivity index (χ0v) is 14.3. The molecule has 0 rings (SSSR count). The van der Waals surface area contributed by atoms with Crippen LogP contribution >= 0.6 is 0 Å². The van der Waals surface area contributed by atoms with Crippen LogP contribution in [0.1, 0.15) is 72.6 Å². The average molecular weight is 311 g/mol. The van der Waals surface area contributed by atoms with Crippen LogP contribution in [0.3, 0.4) is 0 Å². The van der Waals surface area contributed by atoms with Crippen molar-refractivity contribution in [2.45, 2.75) is 72.6 Å². The van der Waals surface area contributed by atoms with Gasteiger partial charge in [-0.25, -0.2) is 0 Å². The Labute approximate surface area is 133 Å². The molecule has 0 heterocycles. The van der Waals surface area contributed by atoms with Gasteiger partial charge >= 0.3 is 0 Å². The second-order valence-corrected chi connectivity index (χ2v) is 6.47. The summed E-state index contributed by atoms with van der Waals surface area (Å²) in [6, 6.07) is 0. The van der Waals surface area contributed by atoms with Crippen LogP contribution in [0.15, 0.2) is 11.6 Å². The van der Waals surface area contributed by atoms with E-state index >= 15 is 0 Å². The van der Waals surface area contributed by atoms with Gasteiger partial charge in [0.1, 0.15) is 11.6 Å². The molecule has 0 aromatic rings. The van der Waals surface area contributed by atoms with Gasteiger partial charge in [0, 0.05) is 24.2 Å². The van der Waals surface area contributed by atoms with E-state index in [1.807, 2.05) is 26.8 Å². The molecule has 0 amide bonds. The standard InChI is InChI=1S/C17H29NO4/c1-5-6-7-11-16(20)17(4,13-18(21)22)12-15(19)10-8-9-14(2)3/h9H,5-8,10-13H2,1-4H3. The molecule has 1 atom stereocenters. The lowest BCUT2D eigenvalue weighted by Crippen LogP contribution is -2.37. The van der Waals surface area contributed by atoms with Crippen LogP contribution in [0.4, 0.5) is 0 Å². The summed E-state index contributed by atoms with van der Waals surface area (Å²) < 4.78 is 0. The molecule has 5 heteroatoms. The van der Waals surface area contributed by atoms with Crippen molar-refractivity contribution in [2.24, 2.45) is 5.41 Å². The smallest absolute Gasteiger partial charge is 0.216 e. The minimum absolute atomic E-state index is 0.0322. The maximum Gasteiger partial charge on any atom is 0.216 e. The van der Waals surface area contributed by atoms with Crippen molar-refractivity contribution in [3.63, 3.8) is 0 Å². The molecule has 0 aliphatic carbocycles. The number of nitrogens with zero attached hydrogens (tertiary/aromatic N) is 1. The zero-order valence-electron chi connectivity index (χ0n) is 14.3.